The second kappa shape index (κ2) is 10.6. The van der Waals surface area contributed by atoms with E-state index in [4.69, 9.17) is 11.6 Å². The molecule has 0 spiro atoms. The molecule has 0 fully saturated rings. The van der Waals surface area contributed by atoms with Gasteiger partial charge in [0, 0.05) is 5.03 Å². The number of allylic oxidation sites excluding steroid dienone is 4. The standard InChI is InChI=1S/C21H24ClF3N4O3/c1-13(8-9-14(2)22)19-27-29(20(32)28(19)10-11-30)12-18(31)26-15(3)16-6-4-5-7-17(16)21(23,24)25/h4-9,15,30H,10-12H2,1-3H3,(H,26,31)/b13-8+,14-9+/t15-/m0/s1. The summed E-state index contributed by atoms with van der Waals surface area (Å²) < 4.78 is 41.8. The van der Waals surface area contributed by atoms with Crippen LogP contribution in [-0.2, 0) is 24.1 Å². The maximum absolute atomic E-state index is 13.2. The average molecular weight is 473 g/mol. The molecule has 0 bridgehead atoms. The van der Waals surface area contributed by atoms with Crippen molar-refractivity contribution in [2.45, 2.75) is 46.1 Å². The second-order valence-electron chi connectivity index (χ2n) is 7.12. The number of carbonyl (C=O) groups excluding carboxylic acids is 1. The molecule has 7 nitrogen and oxygen atoms in total. The lowest BCUT2D eigenvalue weighted by Crippen LogP contribution is -2.35. The molecular formula is C21H24ClF3N4O3. The maximum Gasteiger partial charge on any atom is 0.416 e. The van der Waals surface area contributed by atoms with Crippen LogP contribution in [0.1, 0.15) is 43.8 Å². The van der Waals surface area contributed by atoms with Crippen molar-refractivity contribution in [2.24, 2.45) is 0 Å². The number of aromatic nitrogens is 3. The van der Waals surface area contributed by atoms with Crippen molar-refractivity contribution in [1.82, 2.24) is 19.7 Å². The first-order valence-electron chi connectivity index (χ1n) is 9.70. The molecule has 2 rings (SSSR count). The molecule has 1 amide bonds. The Morgan fingerprint density at radius 2 is 1.94 bits per heavy atom. The largest absolute Gasteiger partial charge is 0.416 e. The number of aliphatic hydroxyl groups excluding tert-OH is 1. The Hall–Kier alpha value is -2.85. The Labute approximate surface area is 187 Å². The highest BCUT2D eigenvalue weighted by Crippen LogP contribution is 2.34. The Balaban J connectivity index is 2.27. The fourth-order valence-corrected chi connectivity index (χ4v) is 3.15. The van der Waals surface area contributed by atoms with Gasteiger partial charge in [-0.1, -0.05) is 35.9 Å². The second-order valence-corrected chi connectivity index (χ2v) is 7.71. The average Bonchev–Trinajstić information content (AvgIpc) is 3.01. The van der Waals surface area contributed by atoms with Crippen molar-refractivity contribution >= 4 is 23.1 Å². The van der Waals surface area contributed by atoms with E-state index >= 15 is 0 Å². The highest BCUT2D eigenvalue weighted by atomic mass is 35.5. The number of hydrogen-bond acceptors (Lipinski definition) is 4. The Kier molecular flexibility index (Phi) is 8.45. The molecule has 1 aromatic heterocycles. The summed E-state index contributed by atoms with van der Waals surface area (Å²) in [5.74, 6) is -0.448. The highest BCUT2D eigenvalue weighted by molar-refractivity contribution is 6.29. The lowest BCUT2D eigenvalue weighted by Gasteiger charge is -2.19. The SMILES string of the molecule is C/C(Cl)=C\C=C(/C)c1nn(CC(=O)N[C@@H](C)c2ccccc2C(F)(F)F)c(=O)n1CCO. The smallest absolute Gasteiger partial charge is 0.395 e. The molecule has 32 heavy (non-hydrogen) atoms. The highest BCUT2D eigenvalue weighted by Gasteiger charge is 2.34. The van der Waals surface area contributed by atoms with Gasteiger partial charge < -0.3 is 10.4 Å². The van der Waals surface area contributed by atoms with Crippen molar-refractivity contribution in [2.75, 3.05) is 6.61 Å². The fourth-order valence-electron chi connectivity index (χ4n) is 3.09. The summed E-state index contributed by atoms with van der Waals surface area (Å²) in [5.41, 5.74) is -0.994. The molecule has 0 aliphatic carbocycles. The summed E-state index contributed by atoms with van der Waals surface area (Å²) in [5, 5.41) is 16.4. The van der Waals surface area contributed by atoms with Gasteiger partial charge in [0.2, 0.25) is 5.91 Å². The molecule has 2 aromatic rings. The van der Waals surface area contributed by atoms with Gasteiger partial charge in [0.05, 0.1) is 24.8 Å². The Bertz CT molecular complexity index is 1080. The third-order valence-corrected chi connectivity index (χ3v) is 4.69. The van der Waals surface area contributed by atoms with Gasteiger partial charge in [-0.2, -0.15) is 13.2 Å². The van der Waals surface area contributed by atoms with Crippen LogP contribution >= 0.6 is 11.6 Å². The number of nitrogens with one attached hydrogen (secondary N) is 1. The van der Waals surface area contributed by atoms with Gasteiger partial charge >= 0.3 is 11.9 Å². The molecular weight excluding hydrogens is 449 g/mol. The number of alkyl halides is 3. The van der Waals surface area contributed by atoms with E-state index < -0.39 is 35.9 Å². The van der Waals surface area contributed by atoms with Gasteiger partial charge in [-0.25, -0.2) is 9.48 Å². The van der Waals surface area contributed by atoms with Gasteiger partial charge in [-0.05, 0) is 44.1 Å². The first-order valence-corrected chi connectivity index (χ1v) is 10.1. The normalized spacial score (nSPS) is 13.9. The number of hydrogen-bond donors (Lipinski definition) is 2. The maximum atomic E-state index is 13.2. The number of aliphatic hydroxyl groups is 1. The van der Waals surface area contributed by atoms with Crippen LogP contribution in [0.25, 0.3) is 5.57 Å². The molecule has 0 saturated carbocycles. The zero-order valence-electron chi connectivity index (χ0n) is 17.8. The van der Waals surface area contributed by atoms with Gasteiger partial charge in [-0.3, -0.25) is 9.36 Å². The van der Waals surface area contributed by atoms with Crippen molar-refractivity contribution in [3.63, 3.8) is 0 Å². The minimum absolute atomic E-state index is 0.0418. The monoisotopic (exact) mass is 472 g/mol. The van der Waals surface area contributed by atoms with E-state index in [-0.39, 0.29) is 24.5 Å². The molecule has 0 saturated heterocycles. The molecule has 174 valence electrons. The quantitative estimate of drug-likeness (QED) is 0.576. The molecule has 1 aromatic carbocycles. The van der Waals surface area contributed by atoms with Crippen LogP contribution in [0.5, 0.6) is 0 Å². The number of nitrogens with zero attached hydrogens (tertiary/aromatic N) is 3. The first kappa shape index (κ1) is 25.4. The number of amides is 1. The predicted molar refractivity (Wildman–Crippen MR) is 115 cm³/mol. The van der Waals surface area contributed by atoms with Crippen LogP contribution in [0.3, 0.4) is 0 Å². The molecule has 0 aliphatic heterocycles. The summed E-state index contributed by atoms with van der Waals surface area (Å²) in [4.78, 5) is 25.1. The molecule has 11 heteroatoms. The van der Waals surface area contributed by atoms with Crippen LogP contribution in [-0.4, -0.2) is 32.0 Å². The summed E-state index contributed by atoms with van der Waals surface area (Å²) in [6, 6.07) is 4.00. The Morgan fingerprint density at radius 1 is 1.28 bits per heavy atom. The minimum Gasteiger partial charge on any atom is -0.395 e. The van der Waals surface area contributed by atoms with Crippen LogP contribution in [0.2, 0.25) is 0 Å². The van der Waals surface area contributed by atoms with E-state index in [1.165, 1.54) is 29.7 Å². The van der Waals surface area contributed by atoms with E-state index in [0.29, 0.717) is 10.6 Å². The summed E-state index contributed by atoms with van der Waals surface area (Å²) in [6.45, 7) is 3.92. The molecule has 2 N–H and O–H groups in total. The lowest BCUT2D eigenvalue weighted by atomic mass is 10.0. The topological polar surface area (TPSA) is 89.2 Å². The van der Waals surface area contributed by atoms with Crippen LogP contribution < -0.4 is 11.0 Å². The number of halogens is 4. The molecule has 1 heterocycles. The Morgan fingerprint density at radius 3 is 2.53 bits per heavy atom. The van der Waals surface area contributed by atoms with Crippen LogP contribution in [0, 0.1) is 0 Å². The van der Waals surface area contributed by atoms with E-state index in [1.54, 1.807) is 26.0 Å². The summed E-state index contributed by atoms with van der Waals surface area (Å²) in [6.07, 6.45) is -1.32. The molecule has 0 aliphatic rings. The zero-order valence-corrected chi connectivity index (χ0v) is 18.5. The number of carbonyl (C=O) groups is 1. The number of rotatable bonds is 8. The molecule has 0 unspecified atom stereocenters. The zero-order chi connectivity index (χ0) is 24.1. The third-order valence-electron chi connectivity index (χ3n) is 4.57. The van der Waals surface area contributed by atoms with E-state index in [9.17, 15) is 27.9 Å². The van der Waals surface area contributed by atoms with E-state index in [1.807, 2.05) is 0 Å². The first-order chi connectivity index (χ1) is 15.0. The van der Waals surface area contributed by atoms with Crippen LogP contribution in [0.15, 0.2) is 46.2 Å². The van der Waals surface area contributed by atoms with Crippen molar-refractivity contribution < 1.29 is 23.1 Å². The fraction of sp³-hybridized carbons (Fsp3) is 0.381. The van der Waals surface area contributed by atoms with Gasteiger partial charge in [0.15, 0.2) is 5.82 Å². The van der Waals surface area contributed by atoms with E-state index in [2.05, 4.69) is 10.4 Å². The number of benzene rings is 1. The minimum atomic E-state index is -4.57. The van der Waals surface area contributed by atoms with Gasteiger partial charge in [-0.15, -0.1) is 5.10 Å². The predicted octanol–water partition coefficient (Wildman–Crippen LogP) is 3.48. The molecule has 0 radical (unpaired) electrons. The third kappa shape index (κ3) is 6.33. The summed E-state index contributed by atoms with van der Waals surface area (Å²) >= 11 is 5.81. The van der Waals surface area contributed by atoms with Gasteiger partial charge in [0.1, 0.15) is 6.54 Å². The van der Waals surface area contributed by atoms with Crippen LogP contribution in [0.4, 0.5) is 13.2 Å². The van der Waals surface area contributed by atoms with Gasteiger partial charge in [0.25, 0.3) is 0 Å². The van der Waals surface area contributed by atoms with Crippen molar-refractivity contribution in [3.8, 4) is 0 Å². The summed E-state index contributed by atoms with van der Waals surface area (Å²) in [7, 11) is 0. The lowest BCUT2D eigenvalue weighted by molar-refractivity contribution is -0.138. The van der Waals surface area contributed by atoms with Crippen molar-refractivity contribution in [3.05, 3.63) is 68.9 Å². The van der Waals surface area contributed by atoms with Crippen molar-refractivity contribution in [1.29, 1.82) is 0 Å². The van der Waals surface area contributed by atoms with E-state index in [0.717, 1.165) is 10.7 Å². The molecule has 1 atom stereocenters.